The van der Waals surface area contributed by atoms with Crippen molar-refractivity contribution in [3.05, 3.63) is 12.8 Å². The summed E-state index contributed by atoms with van der Waals surface area (Å²) in [7, 11) is -1.75. The quantitative estimate of drug-likeness (QED) is 0.565. The summed E-state index contributed by atoms with van der Waals surface area (Å²) in [5, 5.41) is 9.71. The number of hydrogen-bond donors (Lipinski definition) is 1. The van der Waals surface area contributed by atoms with E-state index in [1.165, 1.54) is 6.26 Å². The van der Waals surface area contributed by atoms with E-state index in [1.807, 2.05) is 0 Å². The molecular weight excluding hydrogens is 208 g/mol. The fourth-order valence-electron chi connectivity index (χ4n) is 0.748. The summed E-state index contributed by atoms with van der Waals surface area (Å²) in [5.41, 5.74) is 0. The van der Waals surface area contributed by atoms with E-state index >= 15 is 0 Å². The molecule has 1 N–H and O–H groups in total. The third-order valence-corrected chi connectivity index (χ3v) is 7.35. The summed E-state index contributed by atoms with van der Waals surface area (Å²) in [5.74, 6) is 0. The van der Waals surface area contributed by atoms with Gasteiger partial charge in [-0.15, -0.1) is 0 Å². The largest absolute Gasteiger partial charge is 0.499 e. The van der Waals surface area contributed by atoms with Gasteiger partial charge in [-0.05, 0) is 18.1 Å². The van der Waals surface area contributed by atoms with Gasteiger partial charge in [0.1, 0.15) is 12.7 Å². The second kappa shape index (κ2) is 5.68. The van der Waals surface area contributed by atoms with Gasteiger partial charge >= 0.3 is 0 Å². The lowest BCUT2D eigenvalue weighted by atomic mass is 10.2. The molecule has 0 aromatic carbocycles. The van der Waals surface area contributed by atoms with Crippen LogP contribution in [-0.4, -0.2) is 32.7 Å². The molecule has 1 atom stereocenters. The van der Waals surface area contributed by atoms with Crippen LogP contribution in [0.2, 0.25) is 18.1 Å². The minimum absolute atomic E-state index is 0.173. The van der Waals surface area contributed by atoms with Crippen molar-refractivity contribution in [3.63, 3.8) is 0 Å². The van der Waals surface area contributed by atoms with Crippen LogP contribution >= 0.6 is 0 Å². The van der Waals surface area contributed by atoms with Crippen LogP contribution in [0.4, 0.5) is 0 Å². The molecular formula is C11H24O3Si. The predicted octanol–water partition coefficient (Wildman–Crippen LogP) is 2.53. The van der Waals surface area contributed by atoms with Crippen LogP contribution < -0.4 is 0 Å². The van der Waals surface area contributed by atoms with Gasteiger partial charge in [0.15, 0.2) is 8.32 Å². The predicted molar refractivity (Wildman–Crippen MR) is 65.3 cm³/mol. The summed E-state index contributed by atoms with van der Waals surface area (Å²) in [6.07, 6.45) is 0.757. The third kappa shape index (κ3) is 5.35. The van der Waals surface area contributed by atoms with E-state index in [9.17, 15) is 5.11 Å². The Bertz CT molecular complexity index is 196. The summed E-state index contributed by atoms with van der Waals surface area (Å²) >= 11 is 0. The Balaban J connectivity index is 3.98. The van der Waals surface area contributed by atoms with Crippen LogP contribution in [0.25, 0.3) is 0 Å². The lowest BCUT2D eigenvalue weighted by Crippen LogP contribution is -2.43. The SMILES string of the molecule is C=COC[C@@H](O)CO[Si](C)(C)C(C)(C)C. The molecule has 0 aliphatic heterocycles. The lowest BCUT2D eigenvalue weighted by Gasteiger charge is -2.36. The molecule has 0 aromatic heterocycles. The van der Waals surface area contributed by atoms with E-state index < -0.39 is 14.4 Å². The first kappa shape index (κ1) is 14.7. The topological polar surface area (TPSA) is 38.7 Å². The van der Waals surface area contributed by atoms with E-state index in [2.05, 4.69) is 40.4 Å². The molecule has 0 aromatic rings. The highest BCUT2D eigenvalue weighted by Gasteiger charge is 2.37. The highest BCUT2D eigenvalue weighted by molar-refractivity contribution is 6.74. The summed E-state index contributed by atoms with van der Waals surface area (Å²) in [4.78, 5) is 0. The molecule has 15 heavy (non-hydrogen) atoms. The first-order chi connectivity index (χ1) is 6.70. The lowest BCUT2D eigenvalue weighted by molar-refractivity contribution is 0.0423. The molecule has 0 rings (SSSR count). The maximum Gasteiger partial charge on any atom is 0.192 e. The minimum Gasteiger partial charge on any atom is -0.499 e. The zero-order valence-corrected chi connectivity index (χ0v) is 11.5. The van der Waals surface area contributed by atoms with Crippen molar-refractivity contribution in [2.45, 2.75) is 45.0 Å². The van der Waals surface area contributed by atoms with Gasteiger partial charge in [0, 0.05) is 0 Å². The fourth-order valence-corrected chi connectivity index (χ4v) is 1.79. The van der Waals surface area contributed by atoms with Gasteiger partial charge in [0.25, 0.3) is 0 Å². The van der Waals surface area contributed by atoms with Crippen LogP contribution in [0.1, 0.15) is 20.8 Å². The molecule has 0 amide bonds. The molecule has 0 heterocycles. The van der Waals surface area contributed by atoms with Crippen molar-refractivity contribution >= 4 is 8.32 Å². The van der Waals surface area contributed by atoms with Crippen LogP contribution in [0.15, 0.2) is 12.8 Å². The van der Waals surface area contributed by atoms with Crippen LogP contribution in [0.3, 0.4) is 0 Å². The normalized spacial score (nSPS) is 14.8. The molecule has 0 saturated carbocycles. The monoisotopic (exact) mass is 232 g/mol. The molecule has 3 nitrogen and oxygen atoms in total. The average Bonchev–Trinajstić information content (AvgIpc) is 2.09. The summed E-state index contributed by atoms with van der Waals surface area (Å²) < 4.78 is 10.7. The molecule has 0 saturated heterocycles. The first-order valence-electron chi connectivity index (χ1n) is 5.25. The zero-order valence-electron chi connectivity index (χ0n) is 10.5. The second-order valence-electron chi connectivity index (χ2n) is 5.23. The van der Waals surface area contributed by atoms with Gasteiger partial charge in [0.2, 0.25) is 0 Å². The summed E-state index contributed by atoms with van der Waals surface area (Å²) in [6, 6.07) is 0. The number of ether oxygens (including phenoxy) is 1. The second-order valence-corrected chi connectivity index (χ2v) is 10.0. The molecule has 4 heteroatoms. The van der Waals surface area contributed by atoms with Crippen LogP contribution in [0, 0.1) is 0 Å². The van der Waals surface area contributed by atoms with Crippen LogP contribution in [0.5, 0.6) is 0 Å². The van der Waals surface area contributed by atoms with Crippen molar-refractivity contribution in [2.24, 2.45) is 0 Å². The summed E-state index contributed by atoms with van der Waals surface area (Å²) in [6.45, 7) is 14.8. The van der Waals surface area contributed by atoms with E-state index in [0.717, 1.165) is 0 Å². The molecule has 0 radical (unpaired) electrons. The molecule has 0 aliphatic carbocycles. The van der Waals surface area contributed by atoms with Crippen molar-refractivity contribution in [1.82, 2.24) is 0 Å². The molecule has 0 aliphatic rings. The number of aliphatic hydroxyl groups excluding tert-OH is 1. The van der Waals surface area contributed by atoms with Crippen molar-refractivity contribution in [3.8, 4) is 0 Å². The Morgan fingerprint density at radius 1 is 1.33 bits per heavy atom. The van der Waals surface area contributed by atoms with Crippen molar-refractivity contribution in [2.75, 3.05) is 13.2 Å². The molecule has 0 bridgehead atoms. The number of hydrogen-bond acceptors (Lipinski definition) is 3. The Hall–Kier alpha value is -0.323. The van der Waals surface area contributed by atoms with Gasteiger partial charge in [0.05, 0.1) is 12.9 Å². The molecule has 0 fully saturated rings. The van der Waals surface area contributed by atoms with Crippen molar-refractivity contribution < 1.29 is 14.3 Å². The minimum atomic E-state index is -1.75. The molecule has 90 valence electrons. The standard InChI is InChI=1S/C11H24O3Si/c1-7-13-8-10(12)9-14-15(5,6)11(2,3)4/h7,10,12H,1,8-9H2,2-6H3/t10-/m1/s1. The first-order valence-corrected chi connectivity index (χ1v) is 8.16. The van der Waals surface area contributed by atoms with Gasteiger partial charge in [-0.1, -0.05) is 27.4 Å². The molecule has 0 spiro atoms. The Kier molecular flexibility index (Phi) is 5.55. The number of rotatable bonds is 6. The van der Waals surface area contributed by atoms with Crippen molar-refractivity contribution in [1.29, 1.82) is 0 Å². The highest BCUT2D eigenvalue weighted by Crippen LogP contribution is 2.36. The third-order valence-electron chi connectivity index (χ3n) is 2.85. The van der Waals surface area contributed by atoms with Gasteiger partial charge < -0.3 is 14.3 Å². The van der Waals surface area contributed by atoms with E-state index in [4.69, 9.17) is 9.16 Å². The van der Waals surface area contributed by atoms with Crippen LogP contribution in [-0.2, 0) is 9.16 Å². The van der Waals surface area contributed by atoms with E-state index in [0.29, 0.717) is 6.61 Å². The Labute approximate surface area is 94.2 Å². The Morgan fingerprint density at radius 3 is 2.27 bits per heavy atom. The number of aliphatic hydroxyl groups is 1. The zero-order chi connectivity index (χ0) is 12.1. The van der Waals surface area contributed by atoms with E-state index in [1.54, 1.807) is 0 Å². The fraction of sp³-hybridized carbons (Fsp3) is 0.818. The van der Waals surface area contributed by atoms with Gasteiger partial charge in [-0.2, -0.15) is 0 Å². The average molecular weight is 232 g/mol. The highest BCUT2D eigenvalue weighted by atomic mass is 28.4. The van der Waals surface area contributed by atoms with E-state index in [-0.39, 0.29) is 11.6 Å². The maximum atomic E-state index is 9.53. The molecule has 0 unspecified atom stereocenters. The maximum absolute atomic E-state index is 9.53. The van der Waals surface area contributed by atoms with Gasteiger partial charge in [-0.25, -0.2) is 0 Å². The Morgan fingerprint density at radius 2 is 1.87 bits per heavy atom. The smallest absolute Gasteiger partial charge is 0.192 e. The van der Waals surface area contributed by atoms with Gasteiger partial charge in [-0.3, -0.25) is 0 Å².